The van der Waals surface area contributed by atoms with Crippen molar-refractivity contribution in [3.05, 3.63) is 53.1 Å². The van der Waals surface area contributed by atoms with E-state index in [2.05, 4.69) is 15.3 Å². The van der Waals surface area contributed by atoms with Gasteiger partial charge in [0.1, 0.15) is 0 Å². The van der Waals surface area contributed by atoms with Gasteiger partial charge in [-0.3, -0.25) is 4.79 Å². The Morgan fingerprint density at radius 1 is 1.26 bits per heavy atom. The molecule has 1 aromatic heterocycles. The number of thioether (sulfide) groups is 1. The number of hydrogen-bond acceptors (Lipinski definition) is 3. The summed E-state index contributed by atoms with van der Waals surface area (Å²) in [6, 6.07) is 13.3. The molecule has 0 spiro atoms. The second-order valence-corrected chi connectivity index (χ2v) is 6.96. The fraction of sp³-hybridized carbons (Fsp3) is 0.176. The maximum atomic E-state index is 12.4. The van der Waals surface area contributed by atoms with E-state index in [1.54, 1.807) is 6.07 Å². The lowest BCUT2D eigenvalue weighted by Gasteiger charge is -2.13. The van der Waals surface area contributed by atoms with Crippen LogP contribution in [0.25, 0.3) is 11.0 Å². The summed E-state index contributed by atoms with van der Waals surface area (Å²) in [6.45, 7) is 3.74. The number of amides is 1. The zero-order chi connectivity index (χ0) is 16.4. The van der Waals surface area contributed by atoms with Crippen molar-refractivity contribution in [1.29, 1.82) is 0 Å². The summed E-state index contributed by atoms with van der Waals surface area (Å²) in [5.41, 5.74) is 3.46. The van der Waals surface area contributed by atoms with E-state index in [0.29, 0.717) is 5.02 Å². The second-order valence-electron chi connectivity index (χ2n) is 5.22. The lowest BCUT2D eigenvalue weighted by atomic mass is 10.2. The van der Waals surface area contributed by atoms with Gasteiger partial charge in [0, 0.05) is 10.7 Å². The molecule has 3 aromatic rings. The first-order valence-corrected chi connectivity index (χ1v) is 8.48. The van der Waals surface area contributed by atoms with Gasteiger partial charge in [-0.1, -0.05) is 41.6 Å². The minimum absolute atomic E-state index is 0.0826. The lowest BCUT2D eigenvalue weighted by Crippen LogP contribution is -2.23. The first kappa shape index (κ1) is 15.9. The van der Waals surface area contributed by atoms with Crippen molar-refractivity contribution >= 4 is 46.0 Å². The topological polar surface area (TPSA) is 57.8 Å². The quantitative estimate of drug-likeness (QED) is 0.677. The van der Waals surface area contributed by atoms with Crippen molar-refractivity contribution in [3.63, 3.8) is 0 Å². The van der Waals surface area contributed by atoms with E-state index in [0.717, 1.165) is 27.4 Å². The number of anilines is 1. The number of hydrogen-bond donors (Lipinski definition) is 2. The highest BCUT2D eigenvalue weighted by atomic mass is 35.5. The zero-order valence-electron chi connectivity index (χ0n) is 12.8. The van der Waals surface area contributed by atoms with Crippen molar-refractivity contribution in [2.75, 3.05) is 5.32 Å². The maximum absolute atomic E-state index is 12.4. The molecule has 6 heteroatoms. The molecule has 0 aliphatic heterocycles. The Kier molecular flexibility index (Phi) is 4.59. The molecule has 118 valence electrons. The number of H-pyrrole nitrogens is 1. The summed E-state index contributed by atoms with van der Waals surface area (Å²) >= 11 is 7.48. The number of nitrogens with zero attached hydrogens (tertiary/aromatic N) is 1. The molecule has 1 heterocycles. The van der Waals surface area contributed by atoms with Gasteiger partial charge >= 0.3 is 0 Å². The highest BCUT2D eigenvalue weighted by Gasteiger charge is 2.17. The Labute approximate surface area is 143 Å². The Bertz CT molecular complexity index is 829. The van der Waals surface area contributed by atoms with E-state index in [9.17, 15) is 4.79 Å². The van der Waals surface area contributed by atoms with E-state index < -0.39 is 0 Å². The number of rotatable bonds is 4. The molecule has 2 aromatic carbocycles. The van der Waals surface area contributed by atoms with Gasteiger partial charge < -0.3 is 10.3 Å². The lowest BCUT2D eigenvalue weighted by molar-refractivity contribution is -0.115. The number of nitrogens with one attached hydrogen (secondary N) is 2. The molecular formula is C17H16ClN3OS. The van der Waals surface area contributed by atoms with Crippen LogP contribution < -0.4 is 5.32 Å². The van der Waals surface area contributed by atoms with Crippen LogP contribution in [-0.4, -0.2) is 21.1 Å². The largest absolute Gasteiger partial charge is 0.333 e. The monoisotopic (exact) mass is 345 g/mol. The Morgan fingerprint density at radius 2 is 2.04 bits per heavy atom. The molecule has 0 fully saturated rings. The molecule has 23 heavy (non-hydrogen) atoms. The number of carbonyl (C=O) groups excluding carboxylic acids is 1. The van der Waals surface area contributed by atoms with Gasteiger partial charge in [0.15, 0.2) is 5.16 Å². The molecule has 0 saturated carbocycles. The van der Waals surface area contributed by atoms with Crippen LogP contribution in [0.15, 0.2) is 47.6 Å². The molecule has 0 aliphatic carbocycles. The standard InChI is InChI=1S/C17H16ClN3OS/c1-10-12(18)6-5-9-13(10)19-16(22)11(2)23-17-20-14-7-3-4-8-15(14)21-17/h3-9,11H,1-2H3,(H,19,22)(H,20,21). The molecule has 4 nitrogen and oxygen atoms in total. The summed E-state index contributed by atoms with van der Waals surface area (Å²) < 4.78 is 0. The van der Waals surface area contributed by atoms with Gasteiger partial charge in [-0.15, -0.1) is 0 Å². The first-order chi connectivity index (χ1) is 11.0. The first-order valence-electron chi connectivity index (χ1n) is 7.22. The van der Waals surface area contributed by atoms with Crippen LogP contribution in [0.5, 0.6) is 0 Å². The molecule has 1 amide bonds. The van der Waals surface area contributed by atoms with Crippen LogP contribution >= 0.6 is 23.4 Å². The molecule has 0 bridgehead atoms. The summed E-state index contributed by atoms with van der Waals surface area (Å²) in [6.07, 6.45) is 0. The van der Waals surface area contributed by atoms with Crippen LogP contribution in [-0.2, 0) is 4.79 Å². The van der Waals surface area contributed by atoms with Crippen LogP contribution in [0.4, 0.5) is 5.69 Å². The van der Waals surface area contributed by atoms with Gasteiger partial charge in [-0.2, -0.15) is 0 Å². The third kappa shape index (κ3) is 3.51. The van der Waals surface area contributed by atoms with Crippen molar-refractivity contribution in [1.82, 2.24) is 9.97 Å². The van der Waals surface area contributed by atoms with E-state index >= 15 is 0 Å². The molecule has 3 rings (SSSR count). The predicted molar refractivity (Wildman–Crippen MR) is 96.2 cm³/mol. The zero-order valence-corrected chi connectivity index (χ0v) is 14.3. The number of aromatic amines is 1. The van der Waals surface area contributed by atoms with Crippen LogP contribution in [0.1, 0.15) is 12.5 Å². The van der Waals surface area contributed by atoms with E-state index in [4.69, 9.17) is 11.6 Å². The SMILES string of the molecule is Cc1c(Cl)cccc1NC(=O)C(C)Sc1nc2ccccc2[nH]1. The number of imidazole rings is 1. The van der Waals surface area contributed by atoms with E-state index in [1.165, 1.54) is 11.8 Å². The summed E-state index contributed by atoms with van der Waals surface area (Å²) in [5, 5.41) is 4.01. The van der Waals surface area contributed by atoms with Crippen LogP contribution in [0.3, 0.4) is 0 Å². The average Bonchev–Trinajstić information content (AvgIpc) is 2.93. The van der Waals surface area contributed by atoms with Gasteiger partial charge in [0.05, 0.1) is 16.3 Å². The van der Waals surface area contributed by atoms with Gasteiger partial charge in [-0.25, -0.2) is 4.98 Å². The average molecular weight is 346 g/mol. The predicted octanol–water partition coefficient (Wildman–Crippen LogP) is 4.64. The highest BCUT2D eigenvalue weighted by Crippen LogP contribution is 2.26. The molecule has 1 unspecified atom stereocenters. The molecule has 1 atom stereocenters. The van der Waals surface area contributed by atoms with E-state index in [1.807, 2.05) is 50.2 Å². The van der Waals surface area contributed by atoms with Crippen molar-refractivity contribution in [2.45, 2.75) is 24.3 Å². The van der Waals surface area contributed by atoms with E-state index in [-0.39, 0.29) is 11.2 Å². The number of halogens is 1. The summed E-state index contributed by atoms with van der Waals surface area (Å²) in [7, 11) is 0. The summed E-state index contributed by atoms with van der Waals surface area (Å²) in [5.74, 6) is -0.0826. The van der Waals surface area contributed by atoms with Crippen LogP contribution in [0.2, 0.25) is 5.02 Å². The Hall–Kier alpha value is -1.98. The fourth-order valence-corrected chi connectivity index (χ4v) is 3.18. The Morgan fingerprint density at radius 3 is 2.83 bits per heavy atom. The number of aromatic nitrogens is 2. The number of fused-ring (bicyclic) bond motifs is 1. The third-order valence-electron chi connectivity index (χ3n) is 3.55. The Balaban J connectivity index is 1.71. The minimum atomic E-state index is -0.283. The minimum Gasteiger partial charge on any atom is -0.333 e. The van der Waals surface area contributed by atoms with Crippen molar-refractivity contribution in [2.24, 2.45) is 0 Å². The van der Waals surface area contributed by atoms with Crippen LogP contribution in [0, 0.1) is 6.92 Å². The maximum Gasteiger partial charge on any atom is 0.237 e. The van der Waals surface area contributed by atoms with Gasteiger partial charge in [0.2, 0.25) is 5.91 Å². The number of benzene rings is 2. The molecule has 0 radical (unpaired) electrons. The van der Waals surface area contributed by atoms with Gasteiger partial charge in [0.25, 0.3) is 0 Å². The number of carbonyl (C=O) groups is 1. The third-order valence-corrected chi connectivity index (χ3v) is 4.94. The molecular weight excluding hydrogens is 330 g/mol. The van der Waals surface area contributed by atoms with Crippen molar-refractivity contribution in [3.8, 4) is 0 Å². The molecule has 0 saturated heterocycles. The normalized spacial score (nSPS) is 12.3. The van der Waals surface area contributed by atoms with Gasteiger partial charge in [-0.05, 0) is 43.7 Å². The highest BCUT2D eigenvalue weighted by molar-refractivity contribution is 8.00. The molecule has 0 aliphatic rings. The number of para-hydroxylation sites is 2. The molecule has 2 N–H and O–H groups in total. The second kappa shape index (κ2) is 6.64. The van der Waals surface area contributed by atoms with Crippen molar-refractivity contribution < 1.29 is 4.79 Å². The smallest absolute Gasteiger partial charge is 0.237 e. The fourth-order valence-electron chi connectivity index (χ4n) is 2.18. The summed E-state index contributed by atoms with van der Waals surface area (Å²) in [4.78, 5) is 20.1.